The Kier molecular flexibility index (Phi) is 3.68. The van der Waals surface area contributed by atoms with E-state index in [0.717, 1.165) is 12.3 Å². The van der Waals surface area contributed by atoms with Crippen molar-refractivity contribution in [2.45, 2.75) is 19.2 Å². The van der Waals surface area contributed by atoms with Crippen molar-refractivity contribution in [2.24, 2.45) is 0 Å². The molecule has 20 heavy (non-hydrogen) atoms. The first-order valence-corrected chi connectivity index (χ1v) is 5.51. The molecule has 0 aliphatic rings. The summed E-state index contributed by atoms with van der Waals surface area (Å²) in [4.78, 5) is 14.5. The summed E-state index contributed by atoms with van der Waals surface area (Å²) in [6.45, 7) is 1.59. The number of nitrogens with two attached hydrogens (primary N) is 1. The first-order valence-electron chi connectivity index (χ1n) is 5.51. The Balaban J connectivity index is 2.18. The molecule has 0 radical (unpaired) electrons. The second-order valence-electron chi connectivity index (χ2n) is 3.82. The van der Waals surface area contributed by atoms with E-state index in [1.165, 1.54) is 12.3 Å². The van der Waals surface area contributed by atoms with Gasteiger partial charge in [-0.2, -0.15) is 18.2 Å². The van der Waals surface area contributed by atoms with Crippen LogP contribution in [0.4, 0.5) is 19.1 Å². The van der Waals surface area contributed by atoms with Crippen LogP contribution in [0.15, 0.2) is 24.5 Å². The number of anilines is 1. The molecule has 2 aromatic rings. The number of nitrogen functional groups attached to an aromatic ring is 1. The molecule has 0 fully saturated rings. The zero-order valence-corrected chi connectivity index (χ0v) is 10.3. The van der Waals surface area contributed by atoms with Crippen LogP contribution in [0.5, 0.6) is 6.01 Å². The lowest BCUT2D eigenvalue weighted by molar-refractivity contribution is -0.141. The summed E-state index contributed by atoms with van der Waals surface area (Å²) >= 11 is 0. The number of hydrogen-bond acceptors (Lipinski definition) is 6. The topological polar surface area (TPSA) is 86.8 Å². The molecule has 9 heteroatoms. The summed E-state index contributed by atoms with van der Waals surface area (Å²) < 4.78 is 42.7. The van der Waals surface area contributed by atoms with Gasteiger partial charge in [-0.15, -0.1) is 0 Å². The van der Waals surface area contributed by atoms with E-state index >= 15 is 0 Å². The molecule has 1 atom stereocenters. The summed E-state index contributed by atoms with van der Waals surface area (Å²) in [7, 11) is 0. The zero-order chi connectivity index (χ0) is 14.8. The van der Waals surface area contributed by atoms with Crippen LogP contribution >= 0.6 is 0 Å². The number of nitrogens with zero attached hydrogens (tertiary/aromatic N) is 4. The van der Waals surface area contributed by atoms with Crippen LogP contribution in [0.1, 0.15) is 24.4 Å². The van der Waals surface area contributed by atoms with Crippen LogP contribution in [0, 0.1) is 0 Å². The van der Waals surface area contributed by atoms with Gasteiger partial charge in [-0.25, -0.2) is 15.0 Å². The van der Waals surface area contributed by atoms with Crippen molar-refractivity contribution in [1.29, 1.82) is 0 Å². The molecule has 0 saturated carbocycles. The minimum atomic E-state index is -4.55. The summed E-state index contributed by atoms with van der Waals surface area (Å²) in [6, 6.07) is 1.92. The van der Waals surface area contributed by atoms with Gasteiger partial charge >= 0.3 is 12.2 Å². The van der Waals surface area contributed by atoms with Gasteiger partial charge in [0, 0.05) is 12.4 Å². The minimum absolute atomic E-state index is 0.0444. The highest BCUT2D eigenvalue weighted by Gasteiger charge is 2.33. The van der Waals surface area contributed by atoms with Crippen molar-refractivity contribution in [3.05, 3.63) is 35.9 Å². The Hall–Kier alpha value is -2.45. The summed E-state index contributed by atoms with van der Waals surface area (Å²) in [5.41, 5.74) is 4.76. The third-order valence-electron chi connectivity index (χ3n) is 2.32. The third-order valence-corrected chi connectivity index (χ3v) is 2.32. The lowest BCUT2D eigenvalue weighted by atomic mass is 10.3. The highest BCUT2D eigenvalue weighted by molar-refractivity contribution is 5.19. The van der Waals surface area contributed by atoms with Gasteiger partial charge in [-0.1, -0.05) is 0 Å². The molecule has 2 N–H and O–H groups in total. The molecule has 6 nitrogen and oxygen atoms in total. The monoisotopic (exact) mass is 285 g/mol. The zero-order valence-electron chi connectivity index (χ0n) is 10.3. The predicted molar refractivity (Wildman–Crippen MR) is 62.5 cm³/mol. The van der Waals surface area contributed by atoms with Gasteiger partial charge in [0.15, 0.2) is 5.69 Å². The molecule has 0 aliphatic carbocycles. The number of alkyl halides is 3. The number of halogens is 3. The van der Waals surface area contributed by atoms with E-state index in [-0.39, 0.29) is 12.0 Å². The number of aromatic nitrogens is 4. The highest BCUT2D eigenvalue weighted by atomic mass is 19.4. The molecular weight excluding hydrogens is 275 g/mol. The molecule has 0 aromatic carbocycles. The normalized spacial score (nSPS) is 13.0. The van der Waals surface area contributed by atoms with Crippen molar-refractivity contribution in [3.8, 4) is 6.01 Å². The molecule has 0 amide bonds. The maximum Gasteiger partial charge on any atom is 0.433 e. The summed E-state index contributed by atoms with van der Waals surface area (Å²) in [5.74, 6) is 0.0444. The maximum atomic E-state index is 12.5. The van der Waals surface area contributed by atoms with Gasteiger partial charge in [0.05, 0.1) is 5.69 Å². The summed E-state index contributed by atoms with van der Waals surface area (Å²) in [6.07, 6.45) is -2.82. The van der Waals surface area contributed by atoms with Crippen LogP contribution in [-0.2, 0) is 6.18 Å². The van der Waals surface area contributed by atoms with E-state index in [1.54, 1.807) is 6.92 Å². The van der Waals surface area contributed by atoms with Gasteiger partial charge in [-0.3, -0.25) is 0 Å². The number of hydrogen-bond donors (Lipinski definition) is 1. The van der Waals surface area contributed by atoms with Gasteiger partial charge in [-0.05, 0) is 19.1 Å². The van der Waals surface area contributed by atoms with Crippen LogP contribution in [0.25, 0.3) is 0 Å². The standard InChI is InChI=1S/C11H10F3N5O/c1-6(7-2-4-16-9(15)18-7)20-10-17-5-3-8(19-10)11(12,13)14/h2-6H,1H3,(H2,15,16,18)/t6-/m1/s1. The SMILES string of the molecule is C[C@@H](Oc1nccc(C(F)(F)F)n1)c1ccnc(N)n1. The fourth-order valence-electron chi connectivity index (χ4n) is 1.39. The van der Waals surface area contributed by atoms with Gasteiger partial charge < -0.3 is 10.5 Å². The van der Waals surface area contributed by atoms with Crippen LogP contribution in [-0.4, -0.2) is 19.9 Å². The first kappa shape index (κ1) is 14.0. The van der Waals surface area contributed by atoms with E-state index in [4.69, 9.17) is 10.5 Å². The van der Waals surface area contributed by atoms with Crippen molar-refractivity contribution in [3.63, 3.8) is 0 Å². The second kappa shape index (κ2) is 5.27. The quantitative estimate of drug-likeness (QED) is 0.928. The Labute approximate surface area is 111 Å². The number of ether oxygens (including phenoxy) is 1. The number of rotatable bonds is 3. The van der Waals surface area contributed by atoms with Gasteiger partial charge in [0.1, 0.15) is 6.10 Å². The fraction of sp³-hybridized carbons (Fsp3) is 0.273. The van der Waals surface area contributed by atoms with E-state index in [1.807, 2.05) is 0 Å². The lowest BCUT2D eigenvalue weighted by Crippen LogP contribution is -2.12. The molecule has 0 spiro atoms. The Morgan fingerprint density at radius 2 is 1.85 bits per heavy atom. The van der Waals surface area contributed by atoms with Gasteiger partial charge in [0.2, 0.25) is 5.95 Å². The lowest BCUT2D eigenvalue weighted by Gasteiger charge is -2.13. The molecule has 0 aliphatic heterocycles. The van der Waals surface area contributed by atoms with Crippen LogP contribution < -0.4 is 10.5 Å². The largest absolute Gasteiger partial charge is 0.454 e. The Bertz CT molecular complexity index is 605. The van der Waals surface area contributed by atoms with Crippen molar-refractivity contribution in [1.82, 2.24) is 19.9 Å². The van der Waals surface area contributed by atoms with Gasteiger partial charge in [0.25, 0.3) is 0 Å². The van der Waals surface area contributed by atoms with Crippen molar-refractivity contribution in [2.75, 3.05) is 5.73 Å². The molecule has 0 saturated heterocycles. The van der Waals surface area contributed by atoms with E-state index < -0.39 is 18.0 Å². The Morgan fingerprint density at radius 1 is 1.15 bits per heavy atom. The van der Waals surface area contributed by atoms with E-state index in [2.05, 4.69) is 19.9 Å². The minimum Gasteiger partial charge on any atom is -0.454 e. The molecule has 106 valence electrons. The maximum absolute atomic E-state index is 12.5. The molecule has 0 unspecified atom stereocenters. The highest BCUT2D eigenvalue weighted by Crippen LogP contribution is 2.28. The second-order valence-corrected chi connectivity index (χ2v) is 3.82. The smallest absolute Gasteiger partial charge is 0.433 e. The molecule has 0 bridgehead atoms. The molecular formula is C11H10F3N5O. The van der Waals surface area contributed by atoms with Crippen molar-refractivity contribution >= 4 is 5.95 Å². The first-order chi connectivity index (χ1) is 9.36. The van der Waals surface area contributed by atoms with Crippen molar-refractivity contribution < 1.29 is 17.9 Å². The average Bonchev–Trinajstić information content (AvgIpc) is 2.38. The van der Waals surface area contributed by atoms with Crippen LogP contribution in [0.2, 0.25) is 0 Å². The Morgan fingerprint density at radius 3 is 2.50 bits per heavy atom. The fourth-order valence-corrected chi connectivity index (χ4v) is 1.39. The van der Waals surface area contributed by atoms with E-state index in [0.29, 0.717) is 5.69 Å². The molecule has 2 rings (SSSR count). The van der Waals surface area contributed by atoms with Crippen LogP contribution in [0.3, 0.4) is 0 Å². The predicted octanol–water partition coefficient (Wildman–Crippen LogP) is 2.01. The summed E-state index contributed by atoms with van der Waals surface area (Å²) in [5, 5.41) is 0. The molecule has 2 heterocycles. The average molecular weight is 285 g/mol. The van der Waals surface area contributed by atoms with E-state index in [9.17, 15) is 13.2 Å². The molecule has 2 aromatic heterocycles. The third kappa shape index (κ3) is 3.31.